The van der Waals surface area contributed by atoms with Crippen molar-refractivity contribution in [1.29, 1.82) is 0 Å². The van der Waals surface area contributed by atoms with Crippen molar-refractivity contribution in [3.63, 3.8) is 0 Å². The van der Waals surface area contributed by atoms with Gasteiger partial charge in [-0.1, -0.05) is 24.8 Å². The summed E-state index contributed by atoms with van der Waals surface area (Å²) >= 11 is 0. The maximum atomic E-state index is 8.54. The van der Waals surface area contributed by atoms with E-state index in [4.69, 9.17) is 9.79 Å². The van der Waals surface area contributed by atoms with E-state index in [1.54, 1.807) is 24.3 Å². The molecule has 0 atom stereocenters. The lowest BCUT2D eigenvalue weighted by Gasteiger charge is -2.04. The van der Waals surface area contributed by atoms with Crippen molar-refractivity contribution in [1.82, 2.24) is 0 Å². The summed E-state index contributed by atoms with van der Waals surface area (Å²) in [5.74, 6) is 0.434. The molecule has 12 heavy (non-hydrogen) atoms. The molecular weight excluding hydrogens is 175 g/mol. The topological polar surface area (TPSA) is 49.7 Å². The summed E-state index contributed by atoms with van der Waals surface area (Å²) in [6.45, 7) is 3.58. The van der Waals surface area contributed by atoms with Gasteiger partial charge in [-0.25, -0.2) is 0 Å². The van der Waals surface area contributed by atoms with Crippen LogP contribution in [-0.2, 0) is 0 Å². The Morgan fingerprint density at radius 3 is 2.75 bits per heavy atom. The van der Waals surface area contributed by atoms with E-state index in [2.05, 4.69) is 11.1 Å². The second kappa shape index (κ2) is 4.21. The highest BCUT2D eigenvalue weighted by atomic mass is 31.2. The third kappa shape index (κ3) is 2.62. The lowest BCUT2D eigenvalue weighted by molar-refractivity contribution is 0.375. The average Bonchev–Trinajstić information content (AvgIpc) is 2.03. The van der Waals surface area contributed by atoms with Crippen LogP contribution in [-0.4, -0.2) is 9.79 Å². The lowest BCUT2D eigenvalue weighted by atomic mass is 10.2. The predicted octanol–water partition coefficient (Wildman–Crippen LogP) is 1.92. The second-order valence-corrected chi connectivity index (χ2v) is 2.81. The molecule has 0 aliphatic carbocycles. The van der Waals surface area contributed by atoms with Gasteiger partial charge in [0.2, 0.25) is 0 Å². The molecule has 4 heteroatoms. The minimum atomic E-state index is -2.33. The molecular formula is C8H9O3P. The standard InChI is InChI=1S/C8H9O3P/c1-2-7-4-3-5-8(6-7)11-12(9)10/h2-6,9-10H,1H2. The first kappa shape index (κ1) is 9.20. The minimum Gasteiger partial charge on any atom is -0.427 e. The van der Waals surface area contributed by atoms with E-state index in [1.807, 2.05) is 6.07 Å². The van der Waals surface area contributed by atoms with Crippen LogP contribution in [0, 0.1) is 0 Å². The Labute approximate surface area is 71.9 Å². The van der Waals surface area contributed by atoms with Gasteiger partial charge in [0, 0.05) is 0 Å². The molecule has 0 unspecified atom stereocenters. The zero-order chi connectivity index (χ0) is 8.97. The fourth-order valence-electron chi connectivity index (χ4n) is 0.793. The van der Waals surface area contributed by atoms with Crippen molar-refractivity contribution in [3.8, 4) is 5.75 Å². The van der Waals surface area contributed by atoms with Gasteiger partial charge in [0.25, 0.3) is 0 Å². The fourth-order valence-corrected chi connectivity index (χ4v) is 1.09. The predicted molar refractivity (Wildman–Crippen MR) is 48.5 cm³/mol. The summed E-state index contributed by atoms with van der Waals surface area (Å²) in [5.41, 5.74) is 0.879. The van der Waals surface area contributed by atoms with Crippen LogP contribution in [0.25, 0.3) is 6.08 Å². The first-order valence-corrected chi connectivity index (χ1v) is 4.47. The maximum absolute atomic E-state index is 8.54. The molecule has 1 aromatic carbocycles. The van der Waals surface area contributed by atoms with E-state index in [0.29, 0.717) is 5.75 Å². The molecule has 0 aliphatic rings. The van der Waals surface area contributed by atoms with Crippen molar-refractivity contribution >= 4 is 14.7 Å². The third-order valence-corrected chi connectivity index (χ3v) is 1.65. The number of hydrogen-bond acceptors (Lipinski definition) is 3. The van der Waals surface area contributed by atoms with E-state index in [-0.39, 0.29) is 0 Å². The molecule has 0 saturated heterocycles. The summed E-state index contributed by atoms with van der Waals surface area (Å²) in [6, 6.07) is 6.92. The monoisotopic (exact) mass is 184 g/mol. The number of rotatable bonds is 3. The van der Waals surface area contributed by atoms with E-state index in [0.717, 1.165) is 5.56 Å². The minimum absolute atomic E-state index is 0.434. The molecule has 0 fully saturated rings. The van der Waals surface area contributed by atoms with E-state index >= 15 is 0 Å². The molecule has 0 amide bonds. The van der Waals surface area contributed by atoms with Crippen molar-refractivity contribution in [2.45, 2.75) is 0 Å². The Kier molecular flexibility index (Phi) is 3.23. The van der Waals surface area contributed by atoms with Crippen LogP contribution in [0.2, 0.25) is 0 Å². The normalized spacial score (nSPS) is 9.92. The molecule has 0 aliphatic heterocycles. The van der Waals surface area contributed by atoms with Crippen LogP contribution in [0.3, 0.4) is 0 Å². The number of hydrogen-bond donors (Lipinski definition) is 2. The Morgan fingerprint density at radius 2 is 2.17 bits per heavy atom. The van der Waals surface area contributed by atoms with Gasteiger partial charge in [-0.05, 0) is 17.7 Å². The van der Waals surface area contributed by atoms with E-state index < -0.39 is 8.60 Å². The molecule has 3 nitrogen and oxygen atoms in total. The van der Waals surface area contributed by atoms with E-state index in [9.17, 15) is 0 Å². The maximum Gasteiger partial charge on any atom is 0.391 e. The van der Waals surface area contributed by atoms with Gasteiger partial charge in [-0.3, -0.25) is 0 Å². The Bertz CT molecular complexity index is 273. The van der Waals surface area contributed by atoms with Gasteiger partial charge >= 0.3 is 8.60 Å². The molecule has 2 N–H and O–H groups in total. The van der Waals surface area contributed by atoms with Crippen molar-refractivity contribution in [3.05, 3.63) is 36.4 Å². The summed E-state index contributed by atoms with van der Waals surface area (Å²) in [7, 11) is -2.33. The van der Waals surface area contributed by atoms with Crippen molar-refractivity contribution < 1.29 is 14.3 Å². The Hall–Kier alpha value is -0.890. The van der Waals surface area contributed by atoms with Gasteiger partial charge in [0.1, 0.15) is 5.75 Å². The van der Waals surface area contributed by atoms with Crippen LogP contribution in [0.1, 0.15) is 5.56 Å². The first-order chi connectivity index (χ1) is 5.72. The van der Waals surface area contributed by atoms with Crippen molar-refractivity contribution in [2.24, 2.45) is 0 Å². The molecule has 1 aromatic rings. The third-order valence-electron chi connectivity index (χ3n) is 1.28. The van der Waals surface area contributed by atoms with Gasteiger partial charge in [-0.2, -0.15) is 0 Å². The molecule has 0 bridgehead atoms. The van der Waals surface area contributed by atoms with Crippen LogP contribution < -0.4 is 4.52 Å². The highest BCUT2D eigenvalue weighted by molar-refractivity contribution is 7.39. The lowest BCUT2D eigenvalue weighted by Crippen LogP contribution is -1.84. The van der Waals surface area contributed by atoms with Crippen LogP contribution in [0.4, 0.5) is 0 Å². The second-order valence-electron chi connectivity index (χ2n) is 2.12. The van der Waals surface area contributed by atoms with Crippen molar-refractivity contribution in [2.75, 3.05) is 0 Å². The van der Waals surface area contributed by atoms with E-state index in [1.165, 1.54) is 0 Å². The summed E-state index contributed by atoms with van der Waals surface area (Å²) in [6.07, 6.45) is 1.66. The largest absolute Gasteiger partial charge is 0.427 e. The Morgan fingerprint density at radius 1 is 1.42 bits per heavy atom. The molecule has 0 saturated carbocycles. The zero-order valence-electron chi connectivity index (χ0n) is 6.34. The fraction of sp³-hybridized carbons (Fsp3) is 0. The Balaban J connectivity index is 2.79. The molecule has 0 aromatic heterocycles. The smallest absolute Gasteiger partial charge is 0.391 e. The molecule has 0 radical (unpaired) electrons. The van der Waals surface area contributed by atoms with Crippen LogP contribution in [0.5, 0.6) is 5.75 Å². The summed E-state index contributed by atoms with van der Waals surface area (Å²) in [4.78, 5) is 17.1. The molecule has 64 valence electrons. The SMILES string of the molecule is C=Cc1cccc(OP(O)O)c1. The highest BCUT2D eigenvalue weighted by Crippen LogP contribution is 2.29. The van der Waals surface area contributed by atoms with Gasteiger partial charge in [0.05, 0.1) is 0 Å². The van der Waals surface area contributed by atoms with Gasteiger partial charge in [-0.15, -0.1) is 0 Å². The van der Waals surface area contributed by atoms with Crippen LogP contribution in [0.15, 0.2) is 30.8 Å². The quantitative estimate of drug-likeness (QED) is 0.705. The number of benzene rings is 1. The molecule has 1 rings (SSSR count). The van der Waals surface area contributed by atoms with Crippen LogP contribution >= 0.6 is 8.60 Å². The first-order valence-electron chi connectivity index (χ1n) is 3.30. The average molecular weight is 184 g/mol. The summed E-state index contributed by atoms with van der Waals surface area (Å²) in [5, 5.41) is 0. The zero-order valence-corrected chi connectivity index (χ0v) is 7.24. The molecule has 0 heterocycles. The van der Waals surface area contributed by atoms with Gasteiger partial charge in [0.15, 0.2) is 0 Å². The van der Waals surface area contributed by atoms with Gasteiger partial charge < -0.3 is 14.3 Å². The molecule has 0 spiro atoms. The highest BCUT2D eigenvalue weighted by Gasteiger charge is 2.01. The summed E-state index contributed by atoms with van der Waals surface area (Å²) < 4.78 is 4.68.